The van der Waals surface area contributed by atoms with Crippen molar-refractivity contribution in [1.29, 1.82) is 0 Å². The fourth-order valence-electron chi connectivity index (χ4n) is 2.91. The van der Waals surface area contributed by atoms with Gasteiger partial charge >= 0.3 is 12.0 Å². The summed E-state index contributed by atoms with van der Waals surface area (Å²) in [5.74, 6) is -2.15. The molecule has 28 heavy (non-hydrogen) atoms. The molecule has 8 nitrogen and oxygen atoms in total. The van der Waals surface area contributed by atoms with Gasteiger partial charge in [-0.1, -0.05) is 19.1 Å². The summed E-state index contributed by atoms with van der Waals surface area (Å²) in [6, 6.07) is 4.97. The van der Waals surface area contributed by atoms with Crippen LogP contribution in [0.15, 0.2) is 18.2 Å². The van der Waals surface area contributed by atoms with Crippen LogP contribution >= 0.6 is 0 Å². The lowest BCUT2D eigenvalue weighted by molar-refractivity contribution is -0.152. The van der Waals surface area contributed by atoms with Gasteiger partial charge in [0.1, 0.15) is 0 Å². The highest BCUT2D eigenvalue weighted by atomic mass is 16.5. The molecule has 0 bridgehead atoms. The minimum atomic E-state index is -0.718. The van der Waals surface area contributed by atoms with Crippen molar-refractivity contribution in [3.63, 3.8) is 0 Å². The molecule has 2 rings (SSSR count). The molecule has 1 heterocycles. The van der Waals surface area contributed by atoms with Gasteiger partial charge in [0.05, 0.1) is 5.92 Å². The van der Waals surface area contributed by atoms with Crippen LogP contribution in [0.1, 0.15) is 37.8 Å². The number of imide groups is 1. The Hall–Kier alpha value is -2.90. The monoisotopic (exact) mass is 389 g/mol. The standard InChI is InChI=1S/C20H27N3O5/c1-5-13(3)21-20(27)22-17(24)11-28-19(26)15-9-18(25)23(10-15)16-8-6-7-12(2)14(16)4/h6-8,13,15H,5,9-11H2,1-4H3,(H2,21,22,24,27)/t13-,15+/m0/s1. The van der Waals surface area contributed by atoms with Gasteiger partial charge in [0, 0.05) is 24.7 Å². The molecule has 0 saturated carbocycles. The largest absolute Gasteiger partial charge is 0.455 e. The van der Waals surface area contributed by atoms with Crippen LogP contribution in [0.3, 0.4) is 0 Å². The SMILES string of the molecule is CC[C@H](C)NC(=O)NC(=O)COC(=O)[C@@H]1CC(=O)N(c2cccc(C)c2C)C1. The van der Waals surface area contributed by atoms with Crippen molar-refractivity contribution in [2.75, 3.05) is 18.1 Å². The lowest BCUT2D eigenvalue weighted by atomic mass is 10.1. The Bertz CT molecular complexity index is 777. The predicted molar refractivity (Wildman–Crippen MR) is 104 cm³/mol. The Morgan fingerprint density at radius 2 is 2.00 bits per heavy atom. The van der Waals surface area contributed by atoms with Crippen LogP contribution in [-0.4, -0.2) is 43.0 Å². The van der Waals surface area contributed by atoms with Gasteiger partial charge in [0.15, 0.2) is 6.61 Å². The van der Waals surface area contributed by atoms with E-state index in [1.165, 1.54) is 0 Å². The number of urea groups is 1. The molecule has 0 radical (unpaired) electrons. The summed E-state index contributed by atoms with van der Waals surface area (Å²) < 4.78 is 5.00. The van der Waals surface area contributed by atoms with Gasteiger partial charge in [-0.15, -0.1) is 0 Å². The summed E-state index contributed by atoms with van der Waals surface area (Å²) >= 11 is 0. The van der Waals surface area contributed by atoms with Crippen molar-refractivity contribution in [1.82, 2.24) is 10.6 Å². The number of ether oxygens (including phenoxy) is 1. The summed E-state index contributed by atoms with van der Waals surface area (Å²) in [4.78, 5) is 49.5. The number of hydrogen-bond acceptors (Lipinski definition) is 5. The van der Waals surface area contributed by atoms with Crippen molar-refractivity contribution in [3.8, 4) is 0 Å². The number of rotatable bonds is 6. The van der Waals surface area contributed by atoms with Gasteiger partial charge in [-0.25, -0.2) is 4.79 Å². The molecule has 1 fully saturated rings. The lowest BCUT2D eigenvalue weighted by Gasteiger charge is -2.20. The topological polar surface area (TPSA) is 105 Å². The van der Waals surface area contributed by atoms with Gasteiger partial charge in [-0.2, -0.15) is 0 Å². The van der Waals surface area contributed by atoms with Crippen LogP contribution in [0.4, 0.5) is 10.5 Å². The summed E-state index contributed by atoms with van der Waals surface area (Å²) in [5.41, 5.74) is 2.82. The minimum absolute atomic E-state index is 0.0301. The molecule has 152 valence electrons. The highest BCUT2D eigenvalue weighted by Crippen LogP contribution is 2.29. The number of carbonyl (C=O) groups is 4. The van der Waals surface area contributed by atoms with Gasteiger partial charge in [0.2, 0.25) is 5.91 Å². The summed E-state index contributed by atoms with van der Waals surface area (Å²) in [7, 11) is 0. The Kier molecular flexibility index (Phi) is 7.14. The summed E-state index contributed by atoms with van der Waals surface area (Å²) in [6.07, 6.45) is 0.756. The van der Waals surface area contributed by atoms with E-state index in [2.05, 4.69) is 10.6 Å². The van der Waals surface area contributed by atoms with E-state index in [-0.39, 0.29) is 24.9 Å². The third-order valence-corrected chi connectivity index (χ3v) is 4.91. The first kappa shape index (κ1) is 21.4. The number of nitrogens with zero attached hydrogens (tertiary/aromatic N) is 1. The van der Waals surface area contributed by atoms with E-state index in [9.17, 15) is 19.2 Å². The Balaban J connectivity index is 1.87. The first-order valence-corrected chi connectivity index (χ1v) is 9.36. The number of benzene rings is 1. The van der Waals surface area contributed by atoms with Crippen molar-refractivity contribution < 1.29 is 23.9 Å². The lowest BCUT2D eigenvalue weighted by Crippen LogP contribution is -2.44. The number of anilines is 1. The van der Waals surface area contributed by atoms with E-state index in [4.69, 9.17) is 4.74 Å². The maximum Gasteiger partial charge on any atom is 0.321 e. The first-order valence-electron chi connectivity index (χ1n) is 9.36. The Morgan fingerprint density at radius 3 is 2.68 bits per heavy atom. The van der Waals surface area contributed by atoms with E-state index in [0.29, 0.717) is 0 Å². The Morgan fingerprint density at radius 1 is 1.29 bits per heavy atom. The highest BCUT2D eigenvalue weighted by Gasteiger charge is 2.37. The molecule has 1 aliphatic rings. The van der Waals surface area contributed by atoms with Crippen molar-refractivity contribution in [2.45, 2.75) is 46.6 Å². The molecule has 8 heteroatoms. The molecule has 1 aliphatic heterocycles. The molecule has 1 saturated heterocycles. The minimum Gasteiger partial charge on any atom is -0.455 e. The zero-order valence-electron chi connectivity index (χ0n) is 16.7. The average molecular weight is 389 g/mol. The third-order valence-electron chi connectivity index (χ3n) is 4.91. The number of hydrogen-bond donors (Lipinski definition) is 2. The number of nitrogens with one attached hydrogen (secondary N) is 2. The van der Waals surface area contributed by atoms with Crippen LogP contribution in [0, 0.1) is 19.8 Å². The van der Waals surface area contributed by atoms with Crippen LogP contribution in [0.25, 0.3) is 0 Å². The second-order valence-corrected chi connectivity index (χ2v) is 7.06. The predicted octanol–water partition coefficient (Wildman–Crippen LogP) is 1.82. The van der Waals surface area contributed by atoms with Gasteiger partial charge < -0.3 is 15.0 Å². The molecule has 1 aromatic carbocycles. The molecule has 0 unspecified atom stereocenters. The fraction of sp³-hybridized carbons (Fsp3) is 0.500. The van der Waals surface area contributed by atoms with E-state index < -0.39 is 30.4 Å². The Labute approximate surface area is 164 Å². The quantitative estimate of drug-likeness (QED) is 0.722. The highest BCUT2D eigenvalue weighted by molar-refractivity contribution is 6.00. The molecule has 0 spiro atoms. The molecular formula is C20H27N3O5. The molecule has 4 amide bonds. The molecule has 2 N–H and O–H groups in total. The molecule has 0 aromatic heterocycles. The van der Waals surface area contributed by atoms with Crippen molar-refractivity contribution >= 4 is 29.5 Å². The number of aryl methyl sites for hydroxylation is 1. The van der Waals surface area contributed by atoms with Crippen molar-refractivity contribution in [2.24, 2.45) is 5.92 Å². The van der Waals surface area contributed by atoms with Crippen molar-refractivity contribution in [3.05, 3.63) is 29.3 Å². The smallest absolute Gasteiger partial charge is 0.321 e. The third kappa shape index (κ3) is 5.31. The van der Waals surface area contributed by atoms with E-state index in [1.807, 2.05) is 45.9 Å². The van der Waals surface area contributed by atoms with Crippen LogP contribution in [0.2, 0.25) is 0 Å². The summed E-state index contributed by atoms with van der Waals surface area (Å²) in [6.45, 7) is 7.24. The van der Waals surface area contributed by atoms with Gasteiger partial charge in [-0.3, -0.25) is 19.7 Å². The van der Waals surface area contributed by atoms with Crippen LogP contribution in [-0.2, 0) is 19.1 Å². The van der Waals surface area contributed by atoms with E-state index in [0.717, 1.165) is 23.2 Å². The first-order chi connectivity index (χ1) is 13.2. The number of esters is 1. The van der Waals surface area contributed by atoms with E-state index >= 15 is 0 Å². The maximum absolute atomic E-state index is 12.4. The number of amides is 4. The average Bonchev–Trinajstić information content (AvgIpc) is 3.03. The van der Waals surface area contributed by atoms with Crippen LogP contribution in [0.5, 0.6) is 0 Å². The maximum atomic E-state index is 12.4. The molecule has 0 aliphatic carbocycles. The normalized spacial score (nSPS) is 17.2. The van der Waals surface area contributed by atoms with Crippen LogP contribution < -0.4 is 15.5 Å². The number of carbonyl (C=O) groups excluding carboxylic acids is 4. The van der Waals surface area contributed by atoms with Gasteiger partial charge in [-0.05, 0) is 44.4 Å². The molecule has 2 atom stereocenters. The van der Waals surface area contributed by atoms with E-state index in [1.54, 1.807) is 4.90 Å². The second-order valence-electron chi connectivity index (χ2n) is 7.06. The fourth-order valence-corrected chi connectivity index (χ4v) is 2.91. The molecular weight excluding hydrogens is 362 g/mol. The van der Waals surface area contributed by atoms with Gasteiger partial charge in [0.25, 0.3) is 5.91 Å². The second kappa shape index (κ2) is 9.34. The zero-order valence-corrected chi connectivity index (χ0v) is 16.7. The zero-order chi connectivity index (χ0) is 20.8. The molecule has 1 aromatic rings. The summed E-state index contributed by atoms with van der Waals surface area (Å²) in [5, 5.41) is 4.68.